The lowest BCUT2D eigenvalue weighted by molar-refractivity contribution is 0.138. The van der Waals surface area contributed by atoms with Crippen LogP contribution in [-0.2, 0) is 0 Å². The molecule has 0 bridgehead atoms. The first-order valence-corrected chi connectivity index (χ1v) is 8.16. The minimum atomic E-state index is 0.448. The van der Waals surface area contributed by atoms with Crippen molar-refractivity contribution in [1.82, 2.24) is 4.90 Å². The number of hydrogen-bond acceptors (Lipinski definition) is 2. The zero-order chi connectivity index (χ0) is 12.8. The minimum absolute atomic E-state index is 0.448. The van der Waals surface area contributed by atoms with Gasteiger partial charge in [0.05, 0.1) is 0 Å². The predicted molar refractivity (Wildman–Crippen MR) is 78.6 cm³/mol. The van der Waals surface area contributed by atoms with Crippen LogP contribution in [0.4, 0.5) is 0 Å². The molecule has 0 aromatic carbocycles. The molecule has 18 heavy (non-hydrogen) atoms. The summed E-state index contributed by atoms with van der Waals surface area (Å²) < 4.78 is 0. The third-order valence-electron chi connectivity index (χ3n) is 5.27. The summed E-state index contributed by atoms with van der Waals surface area (Å²) in [5.74, 6) is 0.929. The SMILES string of the molecule is CC1CCCN(CC2(CN)CCCCCC2)CC1. The summed E-state index contributed by atoms with van der Waals surface area (Å²) in [6, 6.07) is 0. The van der Waals surface area contributed by atoms with Gasteiger partial charge in [-0.25, -0.2) is 0 Å². The highest BCUT2D eigenvalue weighted by Gasteiger charge is 2.31. The second kappa shape index (κ2) is 6.91. The first kappa shape index (κ1) is 14.3. The molecule has 1 saturated carbocycles. The van der Waals surface area contributed by atoms with Gasteiger partial charge in [-0.15, -0.1) is 0 Å². The Bertz CT molecular complexity index is 231. The Morgan fingerprint density at radius 2 is 1.72 bits per heavy atom. The molecule has 2 N–H and O–H groups in total. The highest BCUT2D eigenvalue weighted by Crippen LogP contribution is 2.35. The van der Waals surface area contributed by atoms with Crippen molar-refractivity contribution in [2.24, 2.45) is 17.1 Å². The first-order valence-electron chi connectivity index (χ1n) is 8.16. The smallest absolute Gasteiger partial charge is 0.00501 e. The van der Waals surface area contributed by atoms with Gasteiger partial charge in [0.15, 0.2) is 0 Å². The average molecular weight is 252 g/mol. The lowest BCUT2D eigenvalue weighted by atomic mass is 9.80. The van der Waals surface area contributed by atoms with E-state index in [1.54, 1.807) is 0 Å². The zero-order valence-corrected chi connectivity index (χ0v) is 12.3. The van der Waals surface area contributed by atoms with E-state index < -0.39 is 0 Å². The van der Waals surface area contributed by atoms with Crippen molar-refractivity contribution in [1.29, 1.82) is 0 Å². The Balaban J connectivity index is 1.91. The van der Waals surface area contributed by atoms with Crippen LogP contribution in [0, 0.1) is 11.3 Å². The van der Waals surface area contributed by atoms with Crippen molar-refractivity contribution in [3.8, 4) is 0 Å². The van der Waals surface area contributed by atoms with Crippen LogP contribution in [0.25, 0.3) is 0 Å². The molecule has 1 atom stereocenters. The van der Waals surface area contributed by atoms with Crippen LogP contribution in [0.3, 0.4) is 0 Å². The normalized spacial score (nSPS) is 30.7. The van der Waals surface area contributed by atoms with Crippen molar-refractivity contribution in [2.75, 3.05) is 26.2 Å². The van der Waals surface area contributed by atoms with Crippen molar-refractivity contribution in [2.45, 2.75) is 64.7 Å². The van der Waals surface area contributed by atoms with E-state index in [4.69, 9.17) is 5.73 Å². The van der Waals surface area contributed by atoms with Gasteiger partial charge in [-0.05, 0) is 63.1 Å². The van der Waals surface area contributed by atoms with Crippen molar-refractivity contribution < 1.29 is 0 Å². The molecule has 0 radical (unpaired) electrons. The van der Waals surface area contributed by atoms with Gasteiger partial charge >= 0.3 is 0 Å². The molecule has 2 aliphatic rings. The molecule has 2 rings (SSSR count). The Hall–Kier alpha value is -0.0800. The maximum atomic E-state index is 6.16. The number of nitrogens with two attached hydrogens (primary N) is 1. The van der Waals surface area contributed by atoms with Gasteiger partial charge in [0.25, 0.3) is 0 Å². The quantitative estimate of drug-likeness (QED) is 0.780. The summed E-state index contributed by atoms with van der Waals surface area (Å²) >= 11 is 0. The van der Waals surface area contributed by atoms with E-state index in [9.17, 15) is 0 Å². The molecule has 2 fully saturated rings. The van der Waals surface area contributed by atoms with Gasteiger partial charge in [0, 0.05) is 6.54 Å². The van der Waals surface area contributed by atoms with Gasteiger partial charge in [-0.1, -0.05) is 32.6 Å². The van der Waals surface area contributed by atoms with Gasteiger partial charge in [-0.3, -0.25) is 0 Å². The monoisotopic (exact) mass is 252 g/mol. The molecule has 2 nitrogen and oxygen atoms in total. The third-order valence-corrected chi connectivity index (χ3v) is 5.27. The van der Waals surface area contributed by atoms with E-state index in [0.717, 1.165) is 12.5 Å². The molecular formula is C16H32N2. The van der Waals surface area contributed by atoms with Crippen LogP contribution in [0.15, 0.2) is 0 Å². The van der Waals surface area contributed by atoms with E-state index in [-0.39, 0.29) is 0 Å². The number of rotatable bonds is 3. The Morgan fingerprint density at radius 1 is 1.00 bits per heavy atom. The molecular weight excluding hydrogens is 220 g/mol. The van der Waals surface area contributed by atoms with Crippen LogP contribution >= 0.6 is 0 Å². The topological polar surface area (TPSA) is 29.3 Å². The molecule has 1 unspecified atom stereocenters. The first-order chi connectivity index (χ1) is 8.74. The van der Waals surface area contributed by atoms with E-state index in [2.05, 4.69) is 11.8 Å². The Kier molecular flexibility index (Phi) is 5.50. The Morgan fingerprint density at radius 3 is 2.39 bits per heavy atom. The summed E-state index contributed by atoms with van der Waals surface area (Å²) in [5, 5.41) is 0. The van der Waals surface area contributed by atoms with E-state index in [1.165, 1.54) is 77.4 Å². The van der Waals surface area contributed by atoms with Crippen molar-refractivity contribution >= 4 is 0 Å². The van der Waals surface area contributed by atoms with Crippen molar-refractivity contribution in [3.05, 3.63) is 0 Å². The molecule has 0 amide bonds. The van der Waals surface area contributed by atoms with E-state index in [1.807, 2.05) is 0 Å². The maximum Gasteiger partial charge on any atom is 0.00501 e. The Labute approximate surface area is 113 Å². The molecule has 0 spiro atoms. The average Bonchev–Trinajstić information content (AvgIpc) is 2.72. The number of hydrogen-bond donors (Lipinski definition) is 1. The van der Waals surface area contributed by atoms with Gasteiger partial charge < -0.3 is 10.6 Å². The largest absolute Gasteiger partial charge is 0.330 e. The van der Waals surface area contributed by atoms with E-state index >= 15 is 0 Å². The fourth-order valence-corrected chi connectivity index (χ4v) is 3.86. The number of likely N-dealkylation sites (tertiary alicyclic amines) is 1. The minimum Gasteiger partial charge on any atom is -0.330 e. The van der Waals surface area contributed by atoms with Crippen LogP contribution in [0.1, 0.15) is 64.7 Å². The number of nitrogens with zero attached hydrogens (tertiary/aromatic N) is 1. The zero-order valence-electron chi connectivity index (χ0n) is 12.3. The van der Waals surface area contributed by atoms with E-state index in [0.29, 0.717) is 5.41 Å². The molecule has 1 heterocycles. The standard InChI is InChI=1S/C16H32N2/c1-15-7-6-11-18(12-8-15)14-16(13-17)9-4-2-3-5-10-16/h15H,2-14,17H2,1H3. The molecule has 2 heteroatoms. The molecule has 1 aliphatic carbocycles. The summed E-state index contributed by atoms with van der Waals surface area (Å²) in [5.41, 5.74) is 6.61. The van der Waals surface area contributed by atoms with Crippen LogP contribution in [-0.4, -0.2) is 31.1 Å². The van der Waals surface area contributed by atoms with Gasteiger partial charge in [-0.2, -0.15) is 0 Å². The summed E-state index contributed by atoms with van der Waals surface area (Å²) in [7, 11) is 0. The molecule has 0 aromatic heterocycles. The molecule has 0 aromatic rings. The highest BCUT2D eigenvalue weighted by atomic mass is 15.1. The second-order valence-electron chi connectivity index (χ2n) is 6.93. The fraction of sp³-hybridized carbons (Fsp3) is 1.00. The van der Waals surface area contributed by atoms with Crippen LogP contribution < -0.4 is 5.73 Å². The lowest BCUT2D eigenvalue weighted by Gasteiger charge is -2.37. The summed E-state index contributed by atoms with van der Waals surface area (Å²) in [4.78, 5) is 2.72. The lowest BCUT2D eigenvalue weighted by Crippen LogP contribution is -2.43. The predicted octanol–water partition coefficient (Wildman–Crippen LogP) is 3.41. The van der Waals surface area contributed by atoms with Crippen molar-refractivity contribution in [3.63, 3.8) is 0 Å². The maximum absolute atomic E-state index is 6.16. The molecule has 1 aliphatic heterocycles. The second-order valence-corrected chi connectivity index (χ2v) is 6.93. The van der Waals surface area contributed by atoms with Gasteiger partial charge in [0.2, 0.25) is 0 Å². The molecule has 1 saturated heterocycles. The third kappa shape index (κ3) is 3.96. The highest BCUT2D eigenvalue weighted by molar-refractivity contribution is 4.86. The van der Waals surface area contributed by atoms with Crippen LogP contribution in [0.2, 0.25) is 0 Å². The van der Waals surface area contributed by atoms with Gasteiger partial charge in [0.1, 0.15) is 0 Å². The summed E-state index contributed by atoms with van der Waals surface area (Å²) in [6.45, 7) is 7.21. The fourth-order valence-electron chi connectivity index (χ4n) is 3.86. The van der Waals surface area contributed by atoms with Crippen LogP contribution in [0.5, 0.6) is 0 Å². The molecule has 106 valence electrons. The summed E-state index contributed by atoms with van der Waals surface area (Å²) in [6.07, 6.45) is 12.6.